The molecular weight excluding hydrogens is 382 g/mol. The Morgan fingerprint density at radius 3 is 2.83 bits per heavy atom. The van der Waals surface area contributed by atoms with Crippen molar-refractivity contribution in [3.05, 3.63) is 46.5 Å². The van der Waals surface area contributed by atoms with Gasteiger partial charge in [-0.25, -0.2) is 0 Å². The summed E-state index contributed by atoms with van der Waals surface area (Å²) >= 11 is 0. The van der Waals surface area contributed by atoms with E-state index in [1.165, 1.54) is 16.0 Å². The summed E-state index contributed by atoms with van der Waals surface area (Å²) in [7, 11) is 3.25. The Balaban J connectivity index is 1.53. The van der Waals surface area contributed by atoms with Gasteiger partial charge >= 0.3 is 0 Å². The summed E-state index contributed by atoms with van der Waals surface area (Å²) in [4.78, 5) is 26.6. The highest BCUT2D eigenvalue weighted by Crippen LogP contribution is 2.49. The fourth-order valence-corrected chi connectivity index (χ4v) is 5.27. The van der Waals surface area contributed by atoms with Crippen LogP contribution in [0.1, 0.15) is 31.7 Å². The molecule has 3 aliphatic rings. The SMILES string of the molecule is COCC1=C2[C@@H](CC/C(C)=C/c3cccc(O)c3)OC[C@@H]2[C@@H]2C(=O)N(C)C(=O)[C@@H]2C1. The summed E-state index contributed by atoms with van der Waals surface area (Å²) in [5.41, 5.74) is 4.47. The molecule has 160 valence electrons. The normalized spacial score (nSPS) is 28.9. The van der Waals surface area contributed by atoms with E-state index < -0.39 is 0 Å². The zero-order valence-electron chi connectivity index (χ0n) is 17.8. The van der Waals surface area contributed by atoms with Gasteiger partial charge in [-0.3, -0.25) is 14.5 Å². The summed E-state index contributed by atoms with van der Waals surface area (Å²) in [6, 6.07) is 7.19. The third-order valence-electron chi connectivity index (χ3n) is 6.63. The number of hydrogen-bond acceptors (Lipinski definition) is 5. The van der Waals surface area contributed by atoms with Crippen molar-refractivity contribution in [1.29, 1.82) is 0 Å². The average Bonchev–Trinajstić information content (AvgIpc) is 3.22. The number of imide groups is 1. The minimum Gasteiger partial charge on any atom is -0.508 e. The lowest BCUT2D eigenvalue weighted by atomic mass is 9.69. The van der Waals surface area contributed by atoms with E-state index >= 15 is 0 Å². The summed E-state index contributed by atoms with van der Waals surface area (Å²) in [5, 5.41) is 9.65. The second-order valence-electron chi connectivity index (χ2n) is 8.62. The second-order valence-corrected chi connectivity index (χ2v) is 8.62. The molecule has 0 saturated carbocycles. The van der Waals surface area contributed by atoms with E-state index in [0.717, 1.165) is 24.0 Å². The third-order valence-corrected chi connectivity index (χ3v) is 6.63. The number of ether oxygens (including phenoxy) is 2. The van der Waals surface area contributed by atoms with E-state index in [9.17, 15) is 14.7 Å². The van der Waals surface area contributed by atoms with E-state index in [4.69, 9.17) is 9.47 Å². The maximum Gasteiger partial charge on any atom is 0.233 e. The molecule has 1 aromatic carbocycles. The first kappa shape index (κ1) is 20.8. The molecule has 30 heavy (non-hydrogen) atoms. The first-order valence-electron chi connectivity index (χ1n) is 10.5. The average molecular weight is 411 g/mol. The zero-order valence-corrected chi connectivity index (χ0v) is 17.8. The number of carbonyl (C=O) groups excluding carboxylic acids is 2. The molecule has 1 N–H and O–H groups in total. The first-order valence-corrected chi connectivity index (χ1v) is 10.5. The molecular formula is C24H29NO5. The standard InChI is InChI=1S/C24H29NO5/c1-14(9-15-5-4-6-17(26)10-15)7-8-20-21-16(12-29-3)11-18-22(19(21)13-30-20)24(28)25(2)23(18)27/h4-6,9-10,18-20,22,26H,7-8,11-13H2,1-3H3/b14-9+/t18-,19+,20-,22-/m1/s1. The van der Waals surface area contributed by atoms with Crippen molar-refractivity contribution in [1.82, 2.24) is 4.90 Å². The molecule has 0 unspecified atom stereocenters. The summed E-state index contributed by atoms with van der Waals surface area (Å²) in [5.74, 6) is -0.511. The van der Waals surface area contributed by atoms with Crippen LogP contribution in [0.3, 0.4) is 0 Å². The van der Waals surface area contributed by atoms with Gasteiger partial charge in [0.25, 0.3) is 0 Å². The molecule has 0 radical (unpaired) electrons. The molecule has 1 aliphatic carbocycles. The van der Waals surface area contributed by atoms with E-state index in [2.05, 4.69) is 13.0 Å². The Labute approximate surface area is 177 Å². The highest BCUT2D eigenvalue weighted by Gasteiger charge is 2.55. The monoisotopic (exact) mass is 411 g/mol. The Hall–Kier alpha value is -2.44. The van der Waals surface area contributed by atoms with Crippen molar-refractivity contribution in [2.75, 3.05) is 27.4 Å². The molecule has 2 heterocycles. The summed E-state index contributed by atoms with van der Waals surface area (Å²) in [6.07, 6.45) is 4.26. The highest BCUT2D eigenvalue weighted by molar-refractivity contribution is 6.05. The maximum atomic E-state index is 12.7. The number of fused-ring (bicyclic) bond motifs is 3. The fraction of sp³-hybridized carbons (Fsp3) is 0.500. The number of phenolic OH excluding ortho intramolecular Hbond substituents is 1. The molecule has 1 aromatic rings. The molecule has 4 rings (SSSR count). The number of allylic oxidation sites excluding steroid dienone is 1. The van der Waals surface area contributed by atoms with Gasteiger partial charge in [-0.2, -0.15) is 0 Å². The number of nitrogens with zero attached hydrogens (tertiary/aromatic N) is 1. The largest absolute Gasteiger partial charge is 0.508 e. The molecule has 6 nitrogen and oxygen atoms in total. The Morgan fingerprint density at radius 1 is 1.30 bits per heavy atom. The van der Waals surface area contributed by atoms with Gasteiger partial charge in [-0.15, -0.1) is 0 Å². The number of carbonyl (C=O) groups is 2. The number of phenols is 1. The number of methoxy groups -OCH3 is 1. The van der Waals surface area contributed by atoms with Crippen molar-refractivity contribution in [2.24, 2.45) is 17.8 Å². The van der Waals surface area contributed by atoms with Crippen LogP contribution in [0.25, 0.3) is 6.08 Å². The van der Waals surface area contributed by atoms with Crippen molar-refractivity contribution in [2.45, 2.75) is 32.3 Å². The van der Waals surface area contributed by atoms with Crippen molar-refractivity contribution < 1.29 is 24.2 Å². The molecule has 2 aliphatic heterocycles. The molecule has 0 spiro atoms. The number of amides is 2. The van der Waals surface area contributed by atoms with Gasteiger partial charge in [0.1, 0.15) is 5.75 Å². The molecule has 0 bridgehead atoms. The van der Waals surface area contributed by atoms with Crippen LogP contribution < -0.4 is 0 Å². The first-order chi connectivity index (χ1) is 14.4. The zero-order chi connectivity index (χ0) is 21.4. The Kier molecular flexibility index (Phi) is 5.80. The van der Waals surface area contributed by atoms with Crippen molar-refractivity contribution in [3.63, 3.8) is 0 Å². The minimum atomic E-state index is -0.299. The Bertz CT molecular complexity index is 918. The fourth-order valence-electron chi connectivity index (χ4n) is 5.27. The van der Waals surface area contributed by atoms with Gasteiger partial charge in [0.05, 0.1) is 31.2 Å². The van der Waals surface area contributed by atoms with Crippen molar-refractivity contribution >= 4 is 17.9 Å². The van der Waals surface area contributed by atoms with Crippen LogP contribution in [0.2, 0.25) is 0 Å². The lowest BCUT2D eigenvalue weighted by molar-refractivity contribution is -0.138. The van der Waals surface area contributed by atoms with Gasteiger partial charge in [-0.05, 0) is 55.0 Å². The van der Waals surface area contributed by atoms with Crippen molar-refractivity contribution in [3.8, 4) is 5.75 Å². The lowest BCUT2D eigenvalue weighted by Crippen LogP contribution is -2.34. The van der Waals surface area contributed by atoms with Gasteiger partial charge < -0.3 is 14.6 Å². The number of aromatic hydroxyl groups is 1. The van der Waals surface area contributed by atoms with E-state index in [1.807, 2.05) is 12.1 Å². The van der Waals surface area contributed by atoms with Crippen LogP contribution in [0.5, 0.6) is 5.75 Å². The number of rotatable bonds is 6. The lowest BCUT2D eigenvalue weighted by Gasteiger charge is -2.31. The van der Waals surface area contributed by atoms with E-state index in [0.29, 0.717) is 19.6 Å². The third kappa shape index (κ3) is 3.70. The van der Waals surface area contributed by atoms with E-state index in [1.54, 1.807) is 26.3 Å². The highest BCUT2D eigenvalue weighted by atomic mass is 16.5. The second kappa shape index (κ2) is 8.36. The number of benzene rings is 1. The number of likely N-dealkylation sites (tertiary alicyclic amines) is 1. The van der Waals surface area contributed by atoms with Crippen LogP contribution in [-0.4, -0.2) is 55.3 Å². The minimum absolute atomic E-state index is 0.0318. The molecule has 2 saturated heterocycles. The Morgan fingerprint density at radius 2 is 2.10 bits per heavy atom. The predicted molar refractivity (Wildman–Crippen MR) is 112 cm³/mol. The van der Waals surface area contributed by atoms with E-state index in [-0.39, 0.29) is 41.4 Å². The smallest absolute Gasteiger partial charge is 0.233 e. The molecule has 0 aromatic heterocycles. The van der Waals surface area contributed by atoms with Gasteiger partial charge in [-0.1, -0.05) is 23.8 Å². The summed E-state index contributed by atoms with van der Waals surface area (Å²) < 4.78 is 11.6. The van der Waals surface area contributed by atoms with Crippen LogP contribution in [-0.2, 0) is 19.1 Å². The van der Waals surface area contributed by atoms with Crippen LogP contribution in [0, 0.1) is 17.8 Å². The molecule has 2 amide bonds. The van der Waals surface area contributed by atoms with Crippen LogP contribution >= 0.6 is 0 Å². The molecule has 4 atom stereocenters. The van der Waals surface area contributed by atoms with Gasteiger partial charge in [0.15, 0.2) is 0 Å². The quantitative estimate of drug-likeness (QED) is 0.575. The van der Waals surface area contributed by atoms with Crippen LogP contribution in [0.4, 0.5) is 0 Å². The topological polar surface area (TPSA) is 76.1 Å². The number of hydrogen-bond donors (Lipinski definition) is 1. The van der Waals surface area contributed by atoms with Crippen LogP contribution in [0.15, 0.2) is 41.0 Å². The molecule has 2 fully saturated rings. The van der Waals surface area contributed by atoms with Gasteiger partial charge in [0, 0.05) is 20.1 Å². The molecule has 6 heteroatoms. The maximum absolute atomic E-state index is 12.7. The predicted octanol–water partition coefficient (Wildman–Crippen LogP) is 3.17. The summed E-state index contributed by atoms with van der Waals surface area (Å²) in [6.45, 7) is 3.03. The van der Waals surface area contributed by atoms with Gasteiger partial charge in [0.2, 0.25) is 11.8 Å².